The normalized spacial score (nSPS) is 20.2. The number of carbonyl (C=O) groups excluding carboxylic acids is 1. The number of hydrogen-bond acceptors (Lipinski definition) is 4. The maximum absolute atomic E-state index is 11.6. The van der Waals surface area contributed by atoms with Gasteiger partial charge < -0.3 is 10.6 Å². The Morgan fingerprint density at radius 1 is 1.67 bits per heavy atom. The number of carbonyl (C=O) groups is 1. The summed E-state index contributed by atoms with van der Waals surface area (Å²) >= 11 is 5.60. The van der Waals surface area contributed by atoms with Gasteiger partial charge in [-0.05, 0) is 37.1 Å². The zero-order valence-electron chi connectivity index (χ0n) is 8.03. The van der Waals surface area contributed by atoms with Gasteiger partial charge in [-0.1, -0.05) is 0 Å². The molecule has 2 N–H and O–H groups in total. The van der Waals surface area contributed by atoms with Crippen molar-refractivity contribution in [3.8, 4) is 0 Å². The summed E-state index contributed by atoms with van der Waals surface area (Å²) in [6, 6.07) is 1.50. The summed E-state index contributed by atoms with van der Waals surface area (Å²) in [5.41, 5.74) is 0. The van der Waals surface area contributed by atoms with Gasteiger partial charge in [-0.25, -0.2) is 9.97 Å². The van der Waals surface area contributed by atoms with Gasteiger partial charge in [0, 0.05) is 6.20 Å². The molecular formula is C9H11ClN4O. The van der Waals surface area contributed by atoms with E-state index in [1.54, 1.807) is 6.07 Å². The van der Waals surface area contributed by atoms with E-state index >= 15 is 0 Å². The predicted octanol–water partition coefficient (Wildman–Crippen LogP) is 0.820. The molecule has 0 bridgehead atoms. The molecule has 80 valence electrons. The fraction of sp³-hybridized carbons (Fsp3) is 0.444. The topological polar surface area (TPSA) is 66.9 Å². The van der Waals surface area contributed by atoms with Gasteiger partial charge in [0.25, 0.3) is 0 Å². The Hall–Kier alpha value is -1.20. The van der Waals surface area contributed by atoms with Crippen LogP contribution in [0.25, 0.3) is 0 Å². The van der Waals surface area contributed by atoms with Crippen molar-refractivity contribution in [3.05, 3.63) is 17.5 Å². The first kappa shape index (κ1) is 10.3. The summed E-state index contributed by atoms with van der Waals surface area (Å²) in [5, 5.41) is 5.92. The molecule has 0 aliphatic carbocycles. The molecule has 1 amide bonds. The van der Waals surface area contributed by atoms with Crippen molar-refractivity contribution >= 4 is 23.3 Å². The predicted molar refractivity (Wildman–Crippen MR) is 56.7 cm³/mol. The van der Waals surface area contributed by atoms with Crippen molar-refractivity contribution in [1.82, 2.24) is 15.3 Å². The maximum Gasteiger partial charge on any atom is 0.242 e. The van der Waals surface area contributed by atoms with Crippen LogP contribution in [0.15, 0.2) is 12.3 Å². The molecule has 1 fully saturated rings. The van der Waals surface area contributed by atoms with E-state index in [1.165, 1.54) is 6.20 Å². The van der Waals surface area contributed by atoms with Gasteiger partial charge >= 0.3 is 0 Å². The van der Waals surface area contributed by atoms with Gasteiger partial charge in [0.15, 0.2) is 0 Å². The standard InChI is InChI=1S/C9H11ClN4O/c10-9-12-5-3-7(14-9)13-8(15)6-2-1-4-11-6/h3,5-6,11H,1-2,4H2,(H,12,13,14,15)/t6-/m0/s1. The van der Waals surface area contributed by atoms with E-state index < -0.39 is 0 Å². The Morgan fingerprint density at radius 3 is 3.20 bits per heavy atom. The van der Waals surface area contributed by atoms with E-state index in [-0.39, 0.29) is 17.2 Å². The van der Waals surface area contributed by atoms with Gasteiger partial charge in [0.05, 0.1) is 6.04 Å². The molecule has 0 saturated carbocycles. The molecule has 0 radical (unpaired) electrons. The van der Waals surface area contributed by atoms with Crippen molar-refractivity contribution in [3.63, 3.8) is 0 Å². The summed E-state index contributed by atoms with van der Waals surface area (Å²) in [6.07, 6.45) is 3.40. The second kappa shape index (κ2) is 4.55. The lowest BCUT2D eigenvalue weighted by Crippen LogP contribution is -2.35. The lowest BCUT2D eigenvalue weighted by Gasteiger charge is -2.09. The molecule has 1 aromatic rings. The molecule has 0 aromatic carbocycles. The number of nitrogens with zero attached hydrogens (tertiary/aromatic N) is 2. The second-order valence-electron chi connectivity index (χ2n) is 3.35. The van der Waals surface area contributed by atoms with Crippen LogP contribution in [0.1, 0.15) is 12.8 Å². The monoisotopic (exact) mass is 226 g/mol. The van der Waals surface area contributed by atoms with Crippen LogP contribution < -0.4 is 10.6 Å². The fourth-order valence-electron chi connectivity index (χ4n) is 1.53. The minimum atomic E-state index is -0.112. The molecule has 15 heavy (non-hydrogen) atoms. The molecule has 0 unspecified atom stereocenters. The van der Waals surface area contributed by atoms with Crippen LogP contribution in [0.4, 0.5) is 5.82 Å². The van der Waals surface area contributed by atoms with Crippen molar-refractivity contribution in [2.75, 3.05) is 11.9 Å². The Kier molecular flexibility index (Phi) is 3.13. The zero-order valence-corrected chi connectivity index (χ0v) is 8.79. The number of rotatable bonds is 2. The number of amides is 1. The van der Waals surface area contributed by atoms with E-state index in [2.05, 4.69) is 20.6 Å². The number of nitrogens with one attached hydrogen (secondary N) is 2. The molecule has 2 heterocycles. The van der Waals surface area contributed by atoms with Crippen LogP contribution in [0.5, 0.6) is 0 Å². The van der Waals surface area contributed by atoms with E-state index in [1.807, 2.05) is 0 Å². The third-order valence-corrected chi connectivity index (χ3v) is 2.44. The van der Waals surface area contributed by atoms with E-state index in [4.69, 9.17) is 11.6 Å². The molecule has 6 heteroatoms. The van der Waals surface area contributed by atoms with E-state index in [9.17, 15) is 4.79 Å². The van der Waals surface area contributed by atoms with Gasteiger partial charge in [-0.2, -0.15) is 0 Å². The molecule has 1 aromatic heterocycles. The number of aromatic nitrogens is 2. The second-order valence-corrected chi connectivity index (χ2v) is 3.69. The third-order valence-electron chi connectivity index (χ3n) is 2.25. The summed E-state index contributed by atoms with van der Waals surface area (Å²) in [7, 11) is 0. The highest BCUT2D eigenvalue weighted by molar-refractivity contribution is 6.28. The van der Waals surface area contributed by atoms with Gasteiger partial charge in [-0.15, -0.1) is 0 Å². The Bertz CT molecular complexity index is 365. The van der Waals surface area contributed by atoms with Gasteiger partial charge in [-0.3, -0.25) is 4.79 Å². The molecule has 1 saturated heterocycles. The van der Waals surface area contributed by atoms with Crippen molar-refractivity contribution in [1.29, 1.82) is 0 Å². The van der Waals surface area contributed by atoms with Crippen LogP contribution in [0.3, 0.4) is 0 Å². The molecule has 0 spiro atoms. The maximum atomic E-state index is 11.6. The summed E-state index contributed by atoms with van der Waals surface area (Å²) < 4.78 is 0. The molecule has 1 aliphatic rings. The van der Waals surface area contributed by atoms with E-state index in [0.717, 1.165) is 19.4 Å². The minimum Gasteiger partial charge on any atom is -0.309 e. The Balaban J connectivity index is 1.99. The average molecular weight is 227 g/mol. The smallest absolute Gasteiger partial charge is 0.242 e. The van der Waals surface area contributed by atoms with Crippen molar-refractivity contribution in [2.24, 2.45) is 0 Å². The highest BCUT2D eigenvalue weighted by Gasteiger charge is 2.22. The fourth-order valence-corrected chi connectivity index (χ4v) is 1.67. The summed E-state index contributed by atoms with van der Waals surface area (Å²) in [6.45, 7) is 0.891. The van der Waals surface area contributed by atoms with Crippen LogP contribution in [0, 0.1) is 0 Å². The highest BCUT2D eigenvalue weighted by Crippen LogP contribution is 2.10. The average Bonchev–Trinajstić information content (AvgIpc) is 2.70. The number of anilines is 1. The number of hydrogen-bond donors (Lipinski definition) is 2. The largest absolute Gasteiger partial charge is 0.309 e. The van der Waals surface area contributed by atoms with Crippen LogP contribution in [-0.2, 0) is 4.79 Å². The van der Waals surface area contributed by atoms with Crippen molar-refractivity contribution in [2.45, 2.75) is 18.9 Å². The van der Waals surface area contributed by atoms with Crippen LogP contribution >= 0.6 is 11.6 Å². The number of halogens is 1. The zero-order chi connectivity index (χ0) is 10.7. The SMILES string of the molecule is O=C(Nc1ccnc(Cl)n1)[C@@H]1CCCN1. The minimum absolute atomic E-state index is 0.0673. The van der Waals surface area contributed by atoms with Crippen molar-refractivity contribution < 1.29 is 4.79 Å². The molecule has 5 nitrogen and oxygen atoms in total. The molecule has 1 atom stereocenters. The van der Waals surface area contributed by atoms with Gasteiger partial charge in [0.2, 0.25) is 11.2 Å². The van der Waals surface area contributed by atoms with Crippen LogP contribution in [0.2, 0.25) is 5.28 Å². The first-order chi connectivity index (χ1) is 7.25. The summed E-state index contributed by atoms with van der Waals surface area (Å²) in [5.74, 6) is 0.371. The quantitative estimate of drug-likeness (QED) is 0.733. The lowest BCUT2D eigenvalue weighted by atomic mass is 10.2. The Morgan fingerprint density at radius 2 is 2.53 bits per heavy atom. The molecule has 2 rings (SSSR count). The first-order valence-corrected chi connectivity index (χ1v) is 5.16. The van der Waals surface area contributed by atoms with Gasteiger partial charge in [0.1, 0.15) is 5.82 Å². The summed E-state index contributed by atoms with van der Waals surface area (Å²) in [4.78, 5) is 19.3. The third kappa shape index (κ3) is 2.64. The molecule has 1 aliphatic heterocycles. The Labute approximate surface area is 92.3 Å². The first-order valence-electron chi connectivity index (χ1n) is 4.78. The molecular weight excluding hydrogens is 216 g/mol. The van der Waals surface area contributed by atoms with Crippen LogP contribution in [-0.4, -0.2) is 28.5 Å². The highest BCUT2D eigenvalue weighted by atomic mass is 35.5. The lowest BCUT2D eigenvalue weighted by molar-refractivity contribution is -0.117. The van der Waals surface area contributed by atoms with E-state index in [0.29, 0.717) is 5.82 Å².